The first-order valence-electron chi connectivity index (χ1n) is 14.5. The van der Waals surface area contributed by atoms with Crippen molar-refractivity contribution in [1.29, 1.82) is 0 Å². The van der Waals surface area contributed by atoms with Crippen LogP contribution in [0.3, 0.4) is 0 Å². The molecule has 0 saturated heterocycles. The van der Waals surface area contributed by atoms with Crippen molar-refractivity contribution in [2.45, 2.75) is 0 Å². The lowest BCUT2D eigenvalue weighted by Gasteiger charge is -2.16. The second kappa shape index (κ2) is 8.37. The number of rotatable bonds is 2. The molecule has 10 aromatic rings. The van der Waals surface area contributed by atoms with E-state index in [-0.39, 0.29) is 0 Å². The maximum atomic E-state index is 6.81. The van der Waals surface area contributed by atoms with Crippen LogP contribution in [0.25, 0.3) is 98.8 Å². The summed E-state index contributed by atoms with van der Waals surface area (Å²) in [7, 11) is 0. The highest BCUT2D eigenvalue weighted by Gasteiger charge is 2.21. The van der Waals surface area contributed by atoms with E-state index in [0.717, 1.165) is 82.5 Å². The van der Waals surface area contributed by atoms with Gasteiger partial charge in [-0.05, 0) is 75.1 Å². The minimum Gasteiger partial charge on any atom is -0.456 e. The fraction of sp³-hybridized carbons (Fsp3) is 0. The van der Waals surface area contributed by atoms with Crippen molar-refractivity contribution in [1.82, 2.24) is 0 Å². The molecule has 0 aliphatic heterocycles. The Morgan fingerprint density at radius 2 is 0.907 bits per heavy atom. The number of para-hydroxylation sites is 2. The van der Waals surface area contributed by atoms with E-state index in [2.05, 4.69) is 97.1 Å². The quantitative estimate of drug-likeness (QED) is 0.201. The summed E-state index contributed by atoms with van der Waals surface area (Å²) in [5.41, 5.74) is 7.76. The highest BCUT2D eigenvalue weighted by Crippen LogP contribution is 2.46. The van der Waals surface area contributed by atoms with Gasteiger partial charge in [0.25, 0.3) is 0 Å². The highest BCUT2D eigenvalue weighted by atomic mass is 16.3. The van der Waals surface area contributed by atoms with Gasteiger partial charge in [0.2, 0.25) is 0 Å². The Bertz CT molecular complexity index is 2680. The monoisotopic (exact) mass is 550 g/mol. The van der Waals surface area contributed by atoms with E-state index in [1.54, 1.807) is 0 Å². The Balaban J connectivity index is 1.28. The normalized spacial score (nSPS) is 12.2. The number of fused-ring (bicyclic) bond motifs is 10. The molecule has 3 heteroatoms. The van der Waals surface area contributed by atoms with Crippen LogP contribution < -0.4 is 0 Å². The van der Waals surface area contributed by atoms with Crippen LogP contribution in [0.1, 0.15) is 0 Å². The van der Waals surface area contributed by atoms with Gasteiger partial charge in [-0.1, -0.05) is 91.0 Å². The molecule has 3 heterocycles. The summed E-state index contributed by atoms with van der Waals surface area (Å²) >= 11 is 0. The van der Waals surface area contributed by atoms with Crippen LogP contribution >= 0.6 is 0 Å². The molecule has 0 unspecified atom stereocenters. The second-order valence-electron chi connectivity index (χ2n) is 11.2. The lowest BCUT2D eigenvalue weighted by atomic mass is 9.87. The predicted octanol–water partition coefficient (Wildman–Crippen LogP) is 11.9. The maximum absolute atomic E-state index is 6.81. The van der Waals surface area contributed by atoms with Crippen molar-refractivity contribution in [2.75, 3.05) is 0 Å². The van der Waals surface area contributed by atoms with E-state index < -0.39 is 0 Å². The lowest BCUT2D eigenvalue weighted by molar-refractivity contribution is 0.635. The number of hydrogen-bond donors (Lipinski definition) is 0. The molecular formula is C40H22O3. The van der Waals surface area contributed by atoms with E-state index in [1.807, 2.05) is 36.4 Å². The fourth-order valence-electron chi connectivity index (χ4n) is 7.02. The Morgan fingerprint density at radius 3 is 1.63 bits per heavy atom. The standard InChI is InChI=1S/C40H22O3/c1-3-12-29-27(10-1)37(23-17-19-26-25-9-5-7-15-32(25)42-35(26)21-23)28-11-2-4-13-30(28)38(29)36-22-24-18-20-34-39(40(24)43-36)31-14-6-8-16-33(31)41-34/h1-22H. The van der Waals surface area contributed by atoms with Crippen LogP contribution in [0.5, 0.6) is 0 Å². The number of furan rings is 3. The van der Waals surface area contributed by atoms with Crippen molar-refractivity contribution < 1.29 is 13.3 Å². The lowest BCUT2D eigenvalue weighted by Crippen LogP contribution is -1.89. The molecule has 0 radical (unpaired) electrons. The molecule has 0 bridgehead atoms. The largest absolute Gasteiger partial charge is 0.456 e. The topological polar surface area (TPSA) is 39.4 Å². The molecule has 43 heavy (non-hydrogen) atoms. The molecule has 0 atom stereocenters. The van der Waals surface area contributed by atoms with E-state index in [4.69, 9.17) is 13.3 Å². The SMILES string of the molecule is c1ccc2c(c1)oc1cc(-c3c4ccccc4c(-c4cc5ccc6oc7ccccc7c6c5o4)c4ccccc34)ccc12. The number of hydrogen-bond acceptors (Lipinski definition) is 3. The zero-order valence-corrected chi connectivity index (χ0v) is 22.9. The van der Waals surface area contributed by atoms with Crippen molar-refractivity contribution in [3.05, 3.63) is 133 Å². The summed E-state index contributed by atoms with van der Waals surface area (Å²) in [5, 5.41) is 10.0. The molecule has 0 aliphatic rings. The molecule has 10 rings (SSSR count). The van der Waals surface area contributed by atoms with E-state index in [0.29, 0.717) is 0 Å². The third-order valence-electron chi connectivity index (χ3n) is 8.87. The zero-order valence-electron chi connectivity index (χ0n) is 22.9. The van der Waals surface area contributed by atoms with Crippen LogP contribution in [0.2, 0.25) is 0 Å². The third-order valence-corrected chi connectivity index (χ3v) is 8.87. The Kier molecular flexibility index (Phi) is 4.45. The molecular weight excluding hydrogens is 528 g/mol. The average molecular weight is 551 g/mol. The minimum atomic E-state index is 0.834. The van der Waals surface area contributed by atoms with Gasteiger partial charge in [0.15, 0.2) is 0 Å². The molecule has 0 amide bonds. The van der Waals surface area contributed by atoms with Gasteiger partial charge in [0.05, 0.1) is 5.39 Å². The van der Waals surface area contributed by atoms with Crippen molar-refractivity contribution in [3.8, 4) is 22.5 Å². The van der Waals surface area contributed by atoms with Gasteiger partial charge in [-0.2, -0.15) is 0 Å². The van der Waals surface area contributed by atoms with Crippen LogP contribution in [0.15, 0.2) is 147 Å². The summed E-state index contributed by atoms with van der Waals surface area (Å²) in [6.07, 6.45) is 0. The maximum Gasteiger partial charge on any atom is 0.146 e. The Labute approximate surface area is 245 Å². The molecule has 7 aromatic carbocycles. The number of benzene rings is 7. The zero-order chi connectivity index (χ0) is 28.1. The Hall–Kier alpha value is -5.80. The van der Waals surface area contributed by atoms with Crippen molar-refractivity contribution in [2.24, 2.45) is 0 Å². The minimum absolute atomic E-state index is 0.834. The summed E-state index contributed by atoms with van der Waals surface area (Å²) in [6, 6.07) is 46.6. The molecule has 0 spiro atoms. The molecule has 0 aliphatic carbocycles. The fourth-order valence-corrected chi connectivity index (χ4v) is 7.02. The first-order valence-corrected chi connectivity index (χ1v) is 14.5. The smallest absolute Gasteiger partial charge is 0.146 e. The van der Waals surface area contributed by atoms with Crippen LogP contribution in [0, 0.1) is 0 Å². The molecule has 0 saturated carbocycles. The first-order chi connectivity index (χ1) is 21.3. The van der Waals surface area contributed by atoms with Gasteiger partial charge < -0.3 is 13.3 Å². The molecule has 3 nitrogen and oxygen atoms in total. The van der Waals surface area contributed by atoms with Gasteiger partial charge in [0.1, 0.15) is 33.7 Å². The van der Waals surface area contributed by atoms with Crippen LogP contribution in [0.4, 0.5) is 0 Å². The summed E-state index contributed by atoms with van der Waals surface area (Å²) in [5.74, 6) is 0.847. The molecule has 200 valence electrons. The van der Waals surface area contributed by atoms with Crippen molar-refractivity contribution in [3.63, 3.8) is 0 Å². The van der Waals surface area contributed by atoms with Gasteiger partial charge in [-0.3, -0.25) is 0 Å². The van der Waals surface area contributed by atoms with Gasteiger partial charge >= 0.3 is 0 Å². The van der Waals surface area contributed by atoms with Gasteiger partial charge in [0, 0.05) is 27.1 Å². The first kappa shape index (κ1) is 22.8. The molecule has 3 aromatic heterocycles. The Morgan fingerprint density at radius 1 is 0.349 bits per heavy atom. The van der Waals surface area contributed by atoms with Gasteiger partial charge in [-0.25, -0.2) is 0 Å². The third kappa shape index (κ3) is 3.14. The van der Waals surface area contributed by atoms with Crippen LogP contribution in [-0.2, 0) is 0 Å². The van der Waals surface area contributed by atoms with E-state index in [1.165, 1.54) is 16.3 Å². The summed E-state index contributed by atoms with van der Waals surface area (Å²) in [4.78, 5) is 0. The highest BCUT2D eigenvalue weighted by molar-refractivity contribution is 6.23. The van der Waals surface area contributed by atoms with E-state index >= 15 is 0 Å². The molecule has 0 fully saturated rings. The second-order valence-corrected chi connectivity index (χ2v) is 11.2. The summed E-state index contributed by atoms with van der Waals surface area (Å²) < 4.78 is 19.3. The van der Waals surface area contributed by atoms with Crippen molar-refractivity contribution >= 4 is 76.4 Å². The van der Waals surface area contributed by atoms with Gasteiger partial charge in [-0.15, -0.1) is 0 Å². The molecule has 0 N–H and O–H groups in total. The van der Waals surface area contributed by atoms with E-state index in [9.17, 15) is 0 Å². The average Bonchev–Trinajstić information content (AvgIpc) is 3.76. The summed E-state index contributed by atoms with van der Waals surface area (Å²) in [6.45, 7) is 0. The van der Waals surface area contributed by atoms with Crippen LogP contribution in [-0.4, -0.2) is 0 Å². The predicted molar refractivity (Wildman–Crippen MR) is 177 cm³/mol.